The number of nitrogens with one attached hydrogen (secondary N) is 1. The van der Waals surface area contributed by atoms with E-state index in [9.17, 15) is 0 Å². The fourth-order valence-electron chi connectivity index (χ4n) is 2.82. The van der Waals surface area contributed by atoms with Crippen molar-refractivity contribution in [3.05, 3.63) is 17.7 Å². The standard InChI is InChI=1S/C13H21N3/c1-14-6-4-10-5-7-16-12(8-10)9-15-13(16)11-2-3-11/h9-11,14H,2-8H2,1H3. The molecule has 1 fully saturated rings. The molecule has 1 N–H and O–H groups in total. The van der Waals surface area contributed by atoms with Crippen LogP contribution in [0.15, 0.2) is 6.20 Å². The van der Waals surface area contributed by atoms with Crippen LogP contribution < -0.4 is 5.32 Å². The average molecular weight is 219 g/mol. The zero-order valence-electron chi connectivity index (χ0n) is 10.1. The number of aromatic nitrogens is 2. The molecular formula is C13H21N3. The Morgan fingerprint density at radius 2 is 2.31 bits per heavy atom. The topological polar surface area (TPSA) is 29.9 Å². The maximum absolute atomic E-state index is 4.62. The Morgan fingerprint density at radius 3 is 3.06 bits per heavy atom. The zero-order valence-corrected chi connectivity index (χ0v) is 10.1. The molecule has 1 aliphatic carbocycles. The average Bonchev–Trinajstić information content (AvgIpc) is 3.07. The SMILES string of the molecule is CNCCC1CCn2c(cnc2C2CC2)C1. The third-order valence-corrected chi connectivity index (χ3v) is 3.97. The summed E-state index contributed by atoms with van der Waals surface area (Å²) < 4.78 is 2.49. The third kappa shape index (κ3) is 1.88. The Morgan fingerprint density at radius 1 is 1.44 bits per heavy atom. The van der Waals surface area contributed by atoms with Crippen molar-refractivity contribution in [2.24, 2.45) is 5.92 Å². The van der Waals surface area contributed by atoms with Crippen molar-refractivity contribution < 1.29 is 0 Å². The molecule has 0 aromatic carbocycles. The molecule has 2 heterocycles. The summed E-state index contributed by atoms with van der Waals surface area (Å²) in [5, 5.41) is 3.25. The Kier molecular flexibility index (Phi) is 2.72. The molecule has 1 saturated carbocycles. The van der Waals surface area contributed by atoms with Gasteiger partial charge in [-0.1, -0.05) is 0 Å². The maximum atomic E-state index is 4.62. The highest BCUT2D eigenvalue weighted by atomic mass is 15.1. The molecule has 3 heteroatoms. The van der Waals surface area contributed by atoms with E-state index in [0.29, 0.717) is 0 Å². The third-order valence-electron chi connectivity index (χ3n) is 3.97. The maximum Gasteiger partial charge on any atom is 0.111 e. The van der Waals surface area contributed by atoms with Crippen LogP contribution in [0, 0.1) is 5.92 Å². The zero-order chi connectivity index (χ0) is 11.0. The first kappa shape index (κ1) is 10.3. The molecule has 2 aliphatic rings. The van der Waals surface area contributed by atoms with Gasteiger partial charge in [0.05, 0.1) is 0 Å². The molecule has 0 spiro atoms. The predicted octanol–water partition coefficient (Wildman–Crippen LogP) is 1.93. The smallest absolute Gasteiger partial charge is 0.111 e. The molecule has 3 rings (SSSR count). The van der Waals surface area contributed by atoms with Crippen molar-refractivity contribution in [2.45, 2.75) is 44.6 Å². The normalized spacial score (nSPS) is 24.4. The number of nitrogens with zero attached hydrogens (tertiary/aromatic N) is 2. The molecule has 1 aliphatic heterocycles. The lowest BCUT2D eigenvalue weighted by Crippen LogP contribution is -2.23. The van der Waals surface area contributed by atoms with Gasteiger partial charge in [0, 0.05) is 24.4 Å². The second kappa shape index (κ2) is 4.21. The second-order valence-corrected chi connectivity index (χ2v) is 5.28. The number of rotatable bonds is 4. The summed E-state index contributed by atoms with van der Waals surface area (Å²) in [4.78, 5) is 4.62. The van der Waals surface area contributed by atoms with Crippen LogP contribution in [0.25, 0.3) is 0 Å². The first-order valence-corrected chi connectivity index (χ1v) is 6.57. The van der Waals surface area contributed by atoms with Crippen molar-refractivity contribution in [1.82, 2.24) is 14.9 Å². The van der Waals surface area contributed by atoms with Gasteiger partial charge in [0.2, 0.25) is 0 Å². The van der Waals surface area contributed by atoms with Gasteiger partial charge in [-0.25, -0.2) is 4.98 Å². The summed E-state index contributed by atoms with van der Waals surface area (Å²) in [6, 6.07) is 0. The Bertz CT molecular complexity index is 365. The predicted molar refractivity (Wildman–Crippen MR) is 64.6 cm³/mol. The van der Waals surface area contributed by atoms with E-state index in [1.165, 1.54) is 50.2 Å². The number of hydrogen-bond acceptors (Lipinski definition) is 2. The van der Waals surface area contributed by atoms with E-state index in [-0.39, 0.29) is 0 Å². The van der Waals surface area contributed by atoms with Crippen molar-refractivity contribution in [2.75, 3.05) is 13.6 Å². The second-order valence-electron chi connectivity index (χ2n) is 5.28. The van der Waals surface area contributed by atoms with Crippen molar-refractivity contribution in [1.29, 1.82) is 0 Å². The van der Waals surface area contributed by atoms with Crippen LogP contribution in [0.2, 0.25) is 0 Å². The monoisotopic (exact) mass is 219 g/mol. The van der Waals surface area contributed by atoms with E-state index >= 15 is 0 Å². The Labute approximate surface area is 97.3 Å². The minimum Gasteiger partial charge on any atom is -0.332 e. The molecule has 0 bridgehead atoms. The fraction of sp³-hybridized carbons (Fsp3) is 0.769. The van der Waals surface area contributed by atoms with Gasteiger partial charge in [0.25, 0.3) is 0 Å². The molecule has 1 aromatic rings. The molecule has 1 unspecified atom stereocenters. The minimum atomic E-state index is 0.794. The first-order chi connectivity index (χ1) is 7.88. The summed E-state index contributed by atoms with van der Waals surface area (Å²) >= 11 is 0. The van der Waals surface area contributed by atoms with Crippen molar-refractivity contribution in [3.8, 4) is 0 Å². The van der Waals surface area contributed by atoms with Gasteiger partial charge in [-0.05, 0) is 51.6 Å². The largest absolute Gasteiger partial charge is 0.332 e. The highest BCUT2D eigenvalue weighted by molar-refractivity contribution is 5.15. The summed E-state index contributed by atoms with van der Waals surface area (Å²) in [6.07, 6.45) is 8.73. The van der Waals surface area contributed by atoms with Gasteiger partial charge < -0.3 is 9.88 Å². The van der Waals surface area contributed by atoms with Gasteiger partial charge in [-0.15, -0.1) is 0 Å². The van der Waals surface area contributed by atoms with Gasteiger partial charge in [-0.3, -0.25) is 0 Å². The molecule has 0 saturated heterocycles. The van der Waals surface area contributed by atoms with Gasteiger partial charge >= 0.3 is 0 Å². The van der Waals surface area contributed by atoms with E-state index in [0.717, 1.165) is 18.4 Å². The van der Waals surface area contributed by atoms with Crippen LogP contribution in [0.4, 0.5) is 0 Å². The highest BCUT2D eigenvalue weighted by Crippen LogP contribution is 2.40. The van der Waals surface area contributed by atoms with Crippen LogP contribution in [0.1, 0.15) is 43.1 Å². The van der Waals surface area contributed by atoms with Crippen molar-refractivity contribution in [3.63, 3.8) is 0 Å². The summed E-state index contributed by atoms with van der Waals surface area (Å²) in [7, 11) is 2.04. The Balaban J connectivity index is 1.70. The van der Waals surface area contributed by atoms with Crippen LogP contribution in [-0.2, 0) is 13.0 Å². The highest BCUT2D eigenvalue weighted by Gasteiger charge is 2.31. The lowest BCUT2D eigenvalue weighted by atomic mass is 9.93. The van der Waals surface area contributed by atoms with E-state index in [2.05, 4.69) is 21.1 Å². The van der Waals surface area contributed by atoms with Crippen molar-refractivity contribution >= 4 is 0 Å². The van der Waals surface area contributed by atoms with Crippen LogP contribution in [0.3, 0.4) is 0 Å². The van der Waals surface area contributed by atoms with Crippen LogP contribution in [0.5, 0.6) is 0 Å². The van der Waals surface area contributed by atoms with E-state index in [1.54, 1.807) is 0 Å². The lowest BCUT2D eigenvalue weighted by Gasteiger charge is -2.24. The molecule has 3 nitrogen and oxygen atoms in total. The number of imidazole rings is 1. The quantitative estimate of drug-likeness (QED) is 0.838. The summed E-state index contributed by atoms with van der Waals surface area (Å²) in [5.74, 6) is 3.04. The molecule has 1 aromatic heterocycles. The van der Waals surface area contributed by atoms with E-state index < -0.39 is 0 Å². The lowest BCUT2D eigenvalue weighted by molar-refractivity contribution is 0.359. The molecule has 0 radical (unpaired) electrons. The first-order valence-electron chi connectivity index (χ1n) is 6.57. The number of hydrogen-bond donors (Lipinski definition) is 1. The Hall–Kier alpha value is -0.830. The fourth-order valence-corrected chi connectivity index (χ4v) is 2.82. The van der Waals surface area contributed by atoms with Gasteiger partial charge in [0.1, 0.15) is 5.82 Å². The van der Waals surface area contributed by atoms with Crippen LogP contribution in [-0.4, -0.2) is 23.1 Å². The minimum absolute atomic E-state index is 0.794. The summed E-state index contributed by atoms with van der Waals surface area (Å²) in [6.45, 7) is 2.35. The van der Waals surface area contributed by atoms with Crippen LogP contribution >= 0.6 is 0 Å². The molecule has 0 amide bonds. The molecule has 88 valence electrons. The molecular weight excluding hydrogens is 198 g/mol. The number of fused-ring (bicyclic) bond motifs is 1. The molecule has 16 heavy (non-hydrogen) atoms. The van der Waals surface area contributed by atoms with Gasteiger partial charge in [0.15, 0.2) is 0 Å². The summed E-state index contributed by atoms with van der Waals surface area (Å²) in [5.41, 5.74) is 1.48. The van der Waals surface area contributed by atoms with Gasteiger partial charge in [-0.2, -0.15) is 0 Å². The molecule has 1 atom stereocenters. The van der Waals surface area contributed by atoms with E-state index in [1.807, 2.05) is 7.05 Å². The van der Waals surface area contributed by atoms with E-state index in [4.69, 9.17) is 0 Å².